The Kier molecular flexibility index (Phi) is 2.37. The fraction of sp³-hybridized carbons (Fsp3) is 0. The van der Waals surface area contributed by atoms with Gasteiger partial charge >= 0.3 is 0 Å². The average Bonchev–Trinajstić information content (AvgIpc) is 2.99. The quantitative estimate of drug-likeness (QED) is 0.591. The number of benzene rings is 1. The van der Waals surface area contributed by atoms with E-state index >= 15 is 0 Å². The Morgan fingerprint density at radius 1 is 1.15 bits per heavy atom. The van der Waals surface area contributed by atoms with Gasteiger partial charge in [-0.1, -0.05) is 17.4 Å². The number of nitrogens with two attached hydrogens (primary N) is 1. The number of imidazole rings is 1. The third-order valence-corrected chi connectivity index (χ3v) is 3.89. The van der Waals surface area contributed by atoms with Gasteiger partial charge < -0.3 is 15.5 Å². The minimum absolute atomic E-state index is 0.588. The highest BCUT2D eigenvalue weighted by molar-refractivity contribution is 7.22. The molecule has 0 amide bonds. The van der Waals surface area contributed by atoms with Crippen LogP contribution in [0.15, 0.2) is 48.8 Å². The van der Waals surface area contributed by atoms with Crippen LogP contribution in [0.4, 0.5) is 16.6 Å². The van der Waals surface area contributed by atoms with Crippen LogP contribution in [0.25, 0.3) is 15.9 Å². The number of pyridine rings is 1. The van der Waals surface area contributed by atoms with Crippen molar-refractivity contribution in [3.63, 3.8) is 0 Å². The highest BCUT2D eigenvalue weighted by atomic mass is 32.1. The Balaban J connectivity index is 1.72. The van der Waals surface area contributed by atoms with E-state index in [0.717, 1.165) is 27.4 Å². The van der Waals surface area contributed by atoms with Gasteiger partial charge in [0.15, 0.2) is 5.13 Å². The first-order valence-corrected chi connectivity index (χ1v) is 6.96. The van der Waals surface area contributed by atoms with Crippen LogP contribution < -0.4 is 11.1 Å². The predicted molar refractivity (Wildman–Crippen MR) is 82.5 cm³/mol. The van der Waals surface area contributed by atoms with Crippen LogP contribution in [0.2, 0.25) is 0 Å². The fourth-order valence-electron chi connectivity index (χ4n) is 2.16. The molecule has 3 aromatic heterocycles. The second-order valence-electron chi connectivity index (χ2n) is 4.45. The maximum absolute atomic E-state index is 5.72. The second-order valence-corrected chi connectivity index (χ2v) is 5.51. The zero-order valence-corrected chi connectivity index (χ0v) is 11.3. The summed E-state index contributed by atoms with van der Waals surface area (Å²) in [5, 5.41) is 3.89. The molecule has 3 N–H and O–H groups in total. The molecule has 0 spiro atoms. The smallest absolute Gasteiger partial charge is 0.181 e. The van der Waals surface area contributed by atoms with Crippen molar-refractivity contribution in [3.05, 3.63) is 48.8 Å². The molecule has 0 unspecified atom stereocenters. The molecule has 98 valence electrons. The molecular weight excluding hydrogens is 270 g/mol. The van der Waals surface area contributed by atoms with Gasteiger partial charge in [-0.3, -0.25) is 0 Å². The lowest BCUT2D eigenvalue weighted by Crippen LogP contribution is -1.89. The van der Waals surface area contributed by atoms with Gasteiger partial charge in [0, 0.05) is 11.9 Å². The molecular formula is C14H11N5S. The van der Waals surface area contributed by atoms with E-state index in [0.29, 0.717) is 5.13 Å². The number of hydrogen-bond acceptors (Lipinski definition) is 5. The van der Waals surface area contributed by atoms with Crippen LogP contribution in [0.1, 0.15) is 0 Å². The number of nitrogens with zero attached hydrogens (tertiary/aromatic N) is 3. The highest BCUT2D eigenvalue weighted by Crippen LogP contribution is 2.27. The molecule has 0 aliphatic carbocycles. The monoisotopic (exact) mass is 281 g/mol. The summed E-state index contributed by atoms with van der Waals surface area (Å²) in [6.07, 6.45) is 3.93. The van der Waals surface area contributed by atoms with E-state index in [2.05, 4.69) is 15.3 Å². The number of rotatable bonds is 2. The number of anilines is 3. The Morgan fingerprint density at radius 3 is 3.00 bits per heavy atom. The van der Waals surface area contributed by atoms with Crippen LogP contribution in [-0.2, 0) is 0 Å². The summed E-state index contributed by atoms with van der Waals surface area (Å²) in [4.78, 5) is 8.75. The topological polar surface area (TPSA) is 68.2 Å². The van der Waals surface area contributed by atoms with Crippen molar-refractivity contribution in [2.75, 3.05) is 11.1 Å². The summed E-state index contributed by atoms with van der Waals surface area (Å²) >= 11 is 1.48. The lowest BCUT2D eigenvalue weighted by atomic mass is 10.3. The van der Waals surface area contributed by atoms with Crippen molar-refractivity contribution in [1.82, 2.24) is 14.4 Å². The molecule has 0 saturated carbocycles. The summed E-state index contributed by atoms with van der Waals surface area (Å²) in [6.45, 7) is 0. The molecule has 5 nitrogen and oxygen atoms in total. The van der Waals surface area contributed by atoms with Gasteiger partial charge in [-0.15, -0.1) is 0 Å². The minimum atomic E-state index is 0.588. The molecule has 0 aliphatic heterocycles. The van der Waals surface area contributed by atoms with E-state index in [1.165, 1.54) is 11.3 Å². The van der Waals surface area contributed by atoms with Gasteiger partial charge in [-0.2, -0.15) is 0 Å². The molecule has 1 aromatic carbocycles. The fourth-order valence-corrected chi connectivity index (χ4v) is 2.94. The SMILES string of the molecule is Nc1nc2ccc(Nc3cn4ccccc4n3)cc2s1. The van der Waals surface area contributed by atoms with Crippen molar-refractivity contribution in [1.29, 1.82) is 0 Å². The third-order valence-electron chi connectivity index (χ3n) is 3.04. The van der Waals surface area contributed by atoms with E-state index in [1.807, 2.05) is 53.2 Å². The second kappa shape index (κ2) is 4.21. The molecule has 0 saturated heterocycles. The van der Waals surface area contributed by atoms with Crippen molar-refractivity contribution in [3.8, 4) is 0 Å². The highest BCUT2D eigenvalue weighted by Gasteiger charge is 2.04. The van der Waals surface area contributed by atoms with Gasteiger partial charge in [0.1, 0.15) is 11.5 Å². The molecule has 0 radical (unpaired) electrons. The lowest BCUT2D eigenvalue weighted by molar-refractivity contribution is 1.19. The Hall–Kier alpha value is -2.60. The van der Waals surface area contributed by atoms with E-state index in [4.69, 9.17) is 5.73 Å². The molecule has 0 bridgehead atoms. The third kappa shape index (κ3) is 1.86. The summed E-state index contributed by atoms with van der Waals surface area (Å²) in [6, 6.07) is 11.9. The zero-order valence-electron chi connectivity index (χ0n) is 10.4. The van der Waals surface area contributed by atoms with Crippen LogP contribution in [0.3, 0.4) is 0 Å². The summed E-state index contributed by atoms with van der Waals surface area (Å²) in [5.41, 5.74) is 8.53. The van der Waals surface area contributed by atoms with Gasteiger partial charge in [-0.05, 0) is 30.3 Å². The summed E-state index contributed by atoms with van der Waals surface area (Å²) in [5.74, 6) is 0.813. The Bertz CT molecular complexity index is 875. The van der Waals surface area contributed by atoms with Gasteiger partial charge in [-0.25, -0.2) is 9.97 Å². The number of hydrogen-bond donors (Lipinski definition) is 2. The number of aromatic nitrogens is 3. The zero-order chi connectivity index (χ0) is 13.5. The van der Waals surface area contributed by atoms with Crippen molar-refractivity contribution < 1.29 is 0 Å². The molecule has 4 aromatic rings. The maximum atomic E-state index is 5.72. The molecule has 6 heteroatoms. The van der Waals surface area contributed by atoms with E-state index in [9.17, 15) is 0 Å². The standard InChI is InChI=1S/C14H11N5S/c15-14-17-10-5-4-9(7-11(10)20-14)16-12-8-19-6-2-1-3-13(19)18-12/h1-8,16H,(H2,15,17). The molecule has 20 heavy (non-hydrogen) atoms. The largest absolute Gasteiger partial charge is 0.375 e. The molecule has 3 heterocycles. The molecule has 0 aliphatic rings. The maximum Gasteiger partial charge on any atom is 0.181 e. The molecule has 4 rings (SSSR count). The van der Waals surface area contributed by atoms with E-state index in [1.54, 1.807) is 0 Å². The van der Waals surface area contributed by atoms with E-state index in [-0.39, 0.29) is 0 Å². The Morgan fingerprint density at radius 2 is 2.10 bits per heavy atom. The lowest BCUT2D eigenvalue weighted by Gasteiger charge is -2.01. The van der Waals surface area contributed by atoms with Crippen molar-refractivity contribution >= 4 is 43.8 Å². The Labute approximate surface area is 118 Å². The molecule has 0 atom stereocenters. The van der Waals surface area contributed by atoms with Gasteiger partial charge in [0.25, 0.3) is 0 Å². The number of nitrogens with one attached hydrogen (secondary N) is 1. The first-order valence-electron chi connectivity index (χ1n) is 6.15. The minimum Gasteiger partial charge on any atom is -0.375 e. The van der Waals surface area contributed by atoms with E-state index < -0.39 is 0 Å². The molecule has 0 fully saturated rings. The number of thiazole rings is 1. The van der Waals surface area contributed by atoms with Crippen LogP contribution >= 0.6 is 11.3 Å². The van der Waals surface area contributed by atoms with Crippen LogP contribution in [-0.4, -0.2) is 14.4 Å². The average molecular weight is 281 g/mol. The predicted octanol–water partition coefficient (Wildman–Crippen LogP) is 3.27. The van der Waals surface area contributed by atoms with Crippen molar-refractivity contribution in [2.45, 2.75) is 0 Å². The summed E-state index contributed by atoms with van der Waals surface area (Å²) < 4.78 is 3.04. The van der Waals surface area contributed by atoms with Crippen molar-refractivity contribution in [2.24, 2.45) is 0 Å². The first kappa shape index (κ1) is 11.2. The summed E-state index contributed by atoms with van der Waals surface area (Å²) in [7, 11) is 0. The van der Waals surface area contributed by atoms with Gasteiger partial charge in [0.2, 0.25) is 0 Å². The number of nitrogen functional groups attached to an aromatic ring is 1. The first-order chi connectivity index (χ1) is 9.78. The van der Waals surface area contributed by atoms with Gasteiger partial charge in [0.05, 0.1) is 16.4 Å². The van der Waals surface area contributed by atoms with Crippen LogP contribution in [0, 0.1) is 0 Å². The normalized spacial score (nSPS) is 11.2. The van der Waals surface area contributed by atoms with Crippen LogP contribution in [0.5, 0.6) is 0 Å². The number of fused-ring (bicyclic) bond motifs is 2.